The highest BCUT2D eigenvalue weighted by Crippen LogP contribution is 2.18. The maximum atomic E-state index is 12.5. The molecule has 7 nitrogen and oxygen atoms in total. The first-order valence-electron chi connectivity index (χ1n) is 9.25. The molecule has 2 aromatic rings. The van der Waals surface area contributed by atoms with E-state index in [0.29, 0.717) is 29.1 Å². The number of unbranched alkanes of at least 4 members (excludes halogenated alkanes) is 1. The molecule has 0 radical (unpaired) electrons. The second-order valence-electron chi connectivity index (χ2n) is 6.24. The van der Waals surface area contributed by atoms with Gasteiger partial charge in [-0.1, -0.05) is 13.3 Å². The quantitative estimate of drug-likeness (QED) is 0.315. The summed E-state index contributed by atoms with van der Waals surface area (Å²) in [7, 11) is 0. The number of esters is 1. The summed E-state index contributed by atoms with van der Waals surface area (Å²) in [5, 5.41) is 0. The van der Waals surface area contributed by atoms with E-state index in [0.717, 1.165) is 19.4 Å². The number of rotatable bonds is 8. The van der Waals surface area contributed by atoms with Crippen LogP contribution in [0.3, 0.4) is 0 Å². The normalized spacial score (nSPS) is 10.2. The highest BCUT2D eigenvalue weighted by atomic mass is 16.5. The van der Waals surface area contributed by atoms with Gasteiger partial charge in [-0.25, -0.2) is 9.79 Å². The molecule has 2 aromatic carbocycles. The molecule has 4 N–H and O–H groups in total. The average Bonchev–Trinajstić information content (AvgIpc) is 2.69. The second-order valence-corrected chi connectivity index (χ2v) is 6.24. The van der Waals surface area contributed by atoms with Crippen LogP contribution in [0.4, 0.5) is 5.69 Å². The molecule has 0 aliphatic carbocycles. The van der Waals surface area contributed by atoms with Crippen LogP contribution in [0, 0.1) is 0 Å². The molecule has 0 heterocycles. The lowest BCUT2D eigenvalue weighted by Gasteiger charge is -2.20. The standard InChI is InChI=1S/C21H26N4O3/c1-3-5-14-25(4-2)19(26)15-8-12-18(13-9-15)28-20(27)16-6-10-17(11-7-16)24-21(22)23/h6-13H,3-5,14H2,1-2H3,(H4,22,23,24). The number of guanidine groups is 1. The first kappa shape index (κ1) is 21.0. The smallest absolute Gasteiger partial charge is 0.343 e. The van der Waals surface area contributed by atoms with Crippen molar-refractivity contribution in [3.05, 3.63) is 59.7 Å². The van der Waals surface area contributed by atoms with Gasteiger partial charge < -0.3 is 21.1 Å². The van der Waals surface area contributed by atoms with Gasteiger partial charge in [0.15, 0.2) is 5.96 Å². The number of nitrogens with zero attached hydrogens (tertiary/aromatic N) is 2. The van der Waals surface area contributed by atoms with Gasteiger partial charge in [0.2, 0.25) is 0 Å². The Morgan fingerprint density at radius 1 is 0.964 bits per heavy atom. The van der Waals surface area contributed by atoms with Gasteiger partial charge in [-0.05, 0) is 61.9 Å². The molecule has 0 spiro atoms. The summed E-state index contributed by atoms with van der Waals surface area (Å²) < 4.78 is 5.36. The Hall–Kier alpha value is -3.35. The molecule has 0 aliphatic rings. The fraction of sp³-hybridized carbons (Fsp3) is 0.286. The van der Waals surface area contributed by atoms with Crippen LogP contribution in [0.2, 0.25) is 0 Å². The van der Waals surface area contributed by atoms with Crippen LogP contribution in [-0.2, 0) is 0 Å². The molecule has 7 heteroatoms. The maximum Gasteiger partial charge on any atom is 0.343 e. The molecule has 1 amide bonds. The van der Waals surface area contributed by atoms with E-state index in [2.05, 4.69) is 11.9 Å². The van der Waals surface area contributed by atoms with E-state index >= 15 is 0 Å². The van der Waals surface area contributed by atoms with Crippen molar-refractivity contribution in [1.29, 1.82) is 0 Å². The lowest BCUT2D eigenvalue weighted by Crippen LogP contribution is -2.31. The summed E-state index contributed by atoms with van der Waals surface area (Å²) in [5.74, 6) is -0.217. The fourth-order valence-electron chi connectivity index (χ4n) is 2.59. The number of carbonyl (C=O) groups excluding carboxylic acids is 2. The van der Waals surface area contributed by atoms with Crippen LogP contribution in [0.15, 0.2) is 53.5 Å². The van der Waals surface area contributed by atoms with Crippen LogP contribution in [0.5, 0.6) is 5.75 Å². The molecule has 28 heavy (non-hydrogen) atoms. The zero-order chi connectivity index (χ0) is 20.5. The molecule has 0 aromatic heterocycles. The third-order valence-corrected chi connectivity index (χ3v) is 4.12. The average molecular weight is 382 g/mol. The molecule has 148 valence electrons. The highest BCUT2D eigenvalue weighted by molar-refractivity contribution is 5.95. The van der Waals surface area contributed by atoms with Crippen molar-refractivity contribution in [2.75, 3.05) is 13.1 Å². The number of ether oxygens (including phenoxy) is 1. The van der Waals surface area contributed by atoms with Crippen molar-refractivity contribution in [2.24, 2.45) is 16.5 Å². The van der Waals surface area contributed by atoms with Gasteiger partial charge in [0.05, 0.1) is 11.3 Å². The first-order chi connectivity index (χ1) is 13.4. The molecule has 0 bridgehead atoms. The Morgan fingerprint density at radius 3 is 2.11 bits per heavy atom. The van der Waals surface area contributed by atoms with Gasteiger partial charge in [0.1, 0.15) is 5.75 Å². The van der Waals surface area contributed by atoms with Gasteiger partial charge in [-0.2, -0.15) is 0 Å². The lowest BCUT2D eigenvalue weighted by atomic mass is 10.1. The molecule has 0 saturated heterocycles. The number of amides is 1. The van der Waals surface area contributed by atoms with Crippen molar-refractivity contribution >= 4 is 23.5 Å². The molecule has 0 atom stereocenters. The predicted octanol–water partition coefficient (Wildman–Crippen LogP) is 3.07. The largest absolute Gasteiger partial charge is 0.423 e. The van der Waals surface area contributed by atoms with Crippen molar-refractivity contribution in [3.63, 3.8) is 0 Å². The summed E-state index contributed by atoms with van der Waals surface area (Å²) in [6.45, 7) is 5.45. The summed E-state index contributed by atoms with van der Waals surface area (Å²) in [6, 6.07) is 13.0. The number of carbonyl (C=O) groups is 2. The second kappa shape index (κ2) is 10.1. The number of benzene rings is 2. The van der Waals surface area contributed by atoms with Crippen LogP contribution < -0.4 is 16.2 Å². The minimum atomic E-state index is -0.506. The van der Waals surface area contributed by atoms with E-state index in [-0.39, 0.29) is 11.9 Å². The molecule has 0 fully saturated rings. The summed E-state index contributed by atoms with van der Waals surface area (Å²) in [5.41, 5.74) is 12.1. The van der Waals surface area contributed by atoms with Gasteiger partial charge in [-0.3, -0.25) is 4.79 Å². The van der Waals surface area contributed by atoms with E-state index in [9.17, 15) is 9.59 Å². The van der Waals surface area contributed by atoms with Gasteiger partial charge >= 0.3 is 5.97 Å². The van der Waals surface area contributed by atoms with E-state index in [1.165, 1.54) is 0 Å². The Morgan fingerprint density at radius 2 is 1.57 bits per heavy atom. The Balaban J connectivity index is 2.02. The van der Waals surface area contributed by atoms with Crippen molar-refractivity contribution in [1.82, 2.24) is 4.90 Å². The summed E-state index contributed by atoms with van der Waals surface area (Å²) in [6.07, 6.45) is 2.00. The summed E-state index contributed by atoms with van der Waals surface area (Å²) in [4.78, 5) is 30.5. The van der Waals surface area contributed by atoms with Crippen LogP contribution >= 0.6 is 0 Å². The highest BCUT2D eigenvalue weighted by Gasteiger charge is 2.14. The van der Waals surface area contributed by atoms with Gasteiger partial charge in [0.25, 0.3) is 5.91 Å². The molecular formula is C21H26N4O3. The maximum absolute atomic E-state index is 12.5. The monoisotopic (exact) mass is 382 g/mol. The number of aliphatic imine (C=N–C) groups is 1. The van der Waals surface area contributed by atoms with Crippen LogP contribution in [-0.4, -0.2) is 35.8 Å². The number of nitrogens with two attached hydrogens (primary N) is 2. The van der Waals surface area contributed by atoms with E-state index in [4.69, 9.17) is 16.2 Å². The fourth-order valence-corrected chi connectivity index (χ4v) is 2.59. The minimum Gasteiger partial charge on any atom is -0.423 e. The third kappa shape index (κ3) is 5.84. The van der Waals surface area contributed by atoms with Crippen molar-refractivity contribution in [2.45, 2.75) is 26.7 Å². The van der Waals surface area contributed by atoms with E-state index in [1.807, 2.05) is 11.8 Å². The first-order valence-corrected chi connectivity index (χ1v) is 9.25. The number of hydrogen-bond donors (Lipinski definition) is 2. The van der Waals surface area contributed by atoms with Crippen LogP contribution in [0.25, 0.3) is 0 Å². The summed E-state index contributed by atoms with van der Waals surface area (Å²) >= 11 is 0. The zero-order valence-electron chi connectivity index (χ0n) is 16.2. The lowest BCUT2D eigenvalue weighted by molar-refractivity contribution is 0.0734. The Bertz CT molecular complexity index is 826. The van der Waals surface area contributed by atoms with Gasteiger partial charge in [-0.15, -0.1) is 0 Å². The Labute approximate surface area is 165 Å². The topological polar surface area (TPSA) is 111 Å². The number of hydrogen-bond acceptors (Lipinski definition) is 4. The SMILES string of the molecule is CCCCN(CC)C(=O)c1ccc(OC(=O)c2ccc(N=C(N)N)cc2)cc1. The molecule has 0 unspecified atom stereocenters. The molecule has 0 aliphatic heterocycles. The van der Waals surface area contributed by atoms with Crippen LogP contribution in [0.1, 0.15) is 47.4 Å². The molecule has 0 saturated carbocycles. The third-order valence-electron chi connectivity index (χ3n) is 4.12. The van der Waals surface area contributed by atoms with Crippen molar-refractivity contribution in [3.8, 4) is 5.75 Å². The Kier molecular flexibility index (Phi) is 7.56. The molecule has 2 rings (SSSR count). The predicted molar refractivity (Wildman–Crippen MR) is 110 cm³/mol. The van der Waals surface area contributed by atoms with E-state index < -0.39 is 5.97 Å². The minimum absolute atomic E-state index is 0.0239. The van der Waals surface area contributed by atoms with E-state index in [1.54, 1.807) is 48.5 Å². The molecular weight excluding hydrogens is 356 g/mol. The van der Waals surface area contributed by atoms with Gasteiger partial charge in [0, 0.05) is 18.7 Å². The van der Waals surface area contributed by atoms with Crippen molar-refractivity contribution < 1.29 is 14.3 Å². The zero-order valence-corrected chi connectivity index (χ0v) is 16.2.